The van der Waals surface area contributed by atoms with Crippen molar-refractivity contribution in [2.45, 2.75) is 37.0 Å². The Bertz CT molecular complexity index is 1420. The zero-order valence-corrected chi connectivity index (χ0v) is 20.2. The van der Waals surface area contributed by atoms with Crippen molar-refractivity contribution in [3.63, 3.8) is 0 Å². The normalized spacial score (nSPS) is 12.5. The van der Waals surface area contributed by atoms with E-state index in [0.717, 1.165) is 6.07 Å². The lowest BCUT2D eigenvalue weighted by Gasteiger charge is -2.15. The lowest BCUT2D eigenvalue weighted by molar-refractivity contribution is -0.158. The predicted octanol–water partition coefficient (Wildman–Crippen LogP) is 4.68. The van der Waals surface area contributed by atoms with Crippen LogP contribution in [-0.2, 0) is 27.4 Å². The number of nitrogens with zero attached hydrogens (tertiary/aromatic N) is 2. The second-order valence-electron chi connectivity index (χ2n) is 7.75. The van der Waals surface area contributed by atoms with Gasteiger partial charge in [-0.15, -0.1) is 0 Å². The Kier molecular flexibility index (Phi) is 8.36. The van der Waals surface area contributed by atoms with E-state index in [1.54, 1.807) is 6.92 Å². The topological polar surface area (TPSA) is 132 Å². The minimum Gasteiger partial charge on any atom is -0.483 e. The number of hydrogen-bond acceptors (Lipinski definition) is 7. The highest BCUT2D eigenvalue weighted by molar-refractivity contribution is 7.89. The molecule has 0 unspecified atom stereocenters. The van der Waals surface area contributed by atoms with Crippen LogP contribution in [0.4, 0.5) is 26.3 Å². The number of hydrogen-bond donors (Lipinski definition) is 2. The molecule has 2 aromatic carbocycles. The van der Waals surface area contributed by atoms with Crippen LogP contribution in [0.1, 0.15) is 24.5 Å². The van der Waals surface area contributed by atoms with Crippen LogP contribution in [0.15, 0.2) is 45.8 Å². The third-order valence-corrected chi connectivity index (χ3v) is 6.53. The van der Waals surface area contributed by atoms with E-state index in [1.165, 1.54) is 18.2 Å². The van der Waals surface area contributed by atoms with Crippen LogP contribution in [0.2, 0.25) is 0 Å². The van der Waals surface area contributed by atoms with Gasteiger partial charge in [-0.3, -0.25) is 4.79 Å². The molecule has 2 N–H and O–H groups in total. The molecule has 0 aliphatic rings. The van der Waals surface area contributed by atoms with Gasteiger partial charge in [-0.25, -0.2) is 13.1 Å². The van der Waals surface area contributed by atoms with Gasteiger partial charge in [0.2, 0.25) is 15.8 Å². The van der Waals surface area contributed by atoms with Crippen LogP contribution in [0.3, 0.4) is 0 Å². The molecule has 0 spiro atoms. The van der Waals surface area contributed by atoms with E-state index < -0.39 is 52.7 Å². The maximum absolute atomic E-state index is 13.5. The Morgan fingerprint density at radius 3 is 2.37 bits per heavy atom. The van der Waals surface area contributed by atoms with Gasteiger partial charge in [-0.1, -0.05) is 12.1 Å². The fraction of sp³-hybridized carbons (Fsp3) is 0.318. The standard InChI is InChI=1S/C22H19F6N3O6S/c1-2-12-9-13(4-6-17(12)38(34,35)29-8-7-18(32)33)19-30-20(37-31-19)14-3-5-16(36-11-21(23,24)25)15(10-14)22(26,27)28/h3-6,9-10,29H,2,7-8,11H2,1H3,(H,32,33). The van der Waals surface area contributed by atoms with Gasteiger partial charge < -0.3 is 14.4 Å². The summed E-state index contributed by atoms with van der Waals surface area (Å²) in [6.07, 6.45) is -10.1. The van der Waals surface area contributed by atoms with Crippen molar-refractivity contribution in [2.75, 3.05) is 13.2 Å². The number of alkyl halides is 6. The average molecular weight is 567 g/mol. The lowest BCUT2D eigenvalue weighted by Crippen LogP contribution is -2.27. The number of benzene rings is 2. The van der Waals surface area contributed by atoms with Crippen LogP contribution in [-0.4, -0.2) is 49.0 Å². The molecule has 9 nitrogen and oxygen atoms in total. The molecule has 0 saturated carbocycles. The van der Waals surface area contributed by atoms with Crippen LogP contribution >= 0.6 is 0 Å². The van der Waals surface area contributed by atoms with Crippen molar-refractivity contribution in [1.29, 1.82) is 0 Å². The molecule has 0 radical (unpaired) electrons. The van der Waals surface area contributed by atoms with Crippen molar-refractivity contribution < 1.29 is 53.9 Å². The van der Waals surface area contributed by atoms with E-state index in [0.29, 0.717) is 17.7 Å². The summed E-state index contributed by atoms with van der Waals surface area (Å²) < 4.78 is 114. The first-order valence-electron chi connectivity index (χ1n) is 10.7. The van der Waals surface area contributed by atoms with Gasteiger partial charge in [0.15, 0.2) is 6.61 Å². The molecule has 206 valence electrons. The number of aryl methyl sites for hydroxylation is 1. The van der Waals surface area contributed by atoms with Gasteiger partial charge in [0, 0.05) is 17.7 Å². The molecule has 16 heteroatoms. The zero-order valence-electron chi connectivity index (χ0n) is 19.4. The maximum Gasteiger partial charge on any atom is 0.422 e. The summed E-state index contributed by atoms with van der Waals surface area (Å²) in [4.78, 5) is 14.6. The highest BCUT2D eigenvalue weighted by Crippen LogP contribution is 2.39. The predicted molar refractivity (Wildman–Crippen MR) is 119 cm³/mol. The maximum atomic E-state index is 13.5. The summed E-state index contributed by atoms with van der Waals surface area (Å²) in [6.45, 7) is -0.574. The molecule has 1 heterocycles. The molecule has 0 amide bonds. The fourth-order valence-electron chi connectivity index (χ4n) is 3.26. The molecule has 0 aliphatic carbocycles. The van der Waals surface area contributed by atoms with Crippen LogP contribution in [0.25, 0.3) is 22.8 Å². The number of aromatic nitrogens is 2. The average Bonchev–Trinajstić information content (AvgIpc) is 3.31. The number of rotatable bonds is 10. The first-order chi connectivity index (χ1) is 17.6. The zero-order chi connectivity index (χ0) is 28.3. The Hall–Kier alpha value is -3.66. The molecule has 0 saturated heterocycles. The van der Waals surface area contributed by atoms with Crippen molar-refractivity contribution in [1.82, 2.24) is 14.9 Å². The van der Waals surface area contributed by atoms with Crippen molar-refractivity contribution in [3.8, 4) is 28.6 Å². The molecule has 0 bridgehead atoms. The second kappa shape index (κ2) is 11.0. The van der Waals surface area contributed by atoms with E-state index in [2.05, 4.69) is 19.6 Å². The van der Waals surface area contributed by atoms with Crippen molar-refractivity contribution in [2.24, 2.45) is 0 Å². The number of nitrogens with one attached hydrogen (secondary N) is 1. The summed E-state index contributed by atoms with van der Waals surface area (Å²) in [5.41, 5.74) is -1.13. The van der Waals surface area contributed by atoms with Gasteiger partial charge >= 0.3 is 18.3 Å². The van der Waals surface area contributed by atoms with E-state index >= 15 is 0 Å². The Morgan fingerprint density at radius 1 is 1.08 bits per heavy atom. The van der Waals surface area contributed by atoms with Gasteiger partial charge in [0.1, 0.15) is 5.75 Å². The van der Waals surface area contributed by atoms with E-state index in [-0.39, 0.29) is 40.7 Å². The molecular weight excluding hydrogens is 548 g/mol. The van der Waals surface area contributed by atoms with Crippen LogP contribution < -0.4 is 9.46 Å². The molecule has 0 atom stereocenters. The molecule has 1 aromatic heterocycles. The first kappa shape index (κ1) is 28.9. The number of sulfonamides is 1. The van der Waals surface area contributed by atoms with Crippen LogP contribution in [0.5, 0.6) is 5.75 Å². The quantitative estimate of drug-likeness (QED) is 0.338. The smallest absolute Gasteiger partial charge is 0.422 e. The Labute approximate surface area is 211 Å². The number of halogens is 6. The van der Waals surface area contributed by atoms with Crippen molar-refractivity contribution >= 4 is 16.0 Å². The highest BCUT2D eigenvalue weighted by atomic mass is 32.2. The largest absolute Gasteiger partial charge is 0.483 e. The monoisotopic (exact) mass is 567 g/mol. The molecule has 0 aliphatic heterocycles. The van der Waals surface area contributed by atoms with E-state index in [9.17, 15) is 39.6 Å². The third-order valence-electron chi connectivity index (χ3n) is 4.97. The van der Waals surface area contributed by atoms with Gasteiger partial charge in [-0.2, -0.15) is 31.3 Å². The van der Waals surface area contributed by atoms with Gasteiger partial charge in [0.05, 0.1) is 16.9 Å². The number of carboxylic acid groups (broad SMARTS) is 1. The summed E-state index contributed by atoms with van der Waals surface area (Å²) in [5.74, 6) is -2.68. The van der Waals surface area contributed by atoms with Gasteiger partial charge in [0.25, 0.3) is 5.89 Å². The summed E-state index contributed by atoms with van der Waals surface area (Å²) in [7, 11) is -4.04. The Balaban J connectivity index is 1.91. The fourth-order valence-corrected chi connectivity index (χ4v) is 4.58. The number of carboxylic acids is 1. The minimum absolute atomic E-state index is 0.0940. The number of ether oxygens (including phenoxy) is 1. The summed E-state index contributed by atoms with van der Waals surface area (Å²) >= 11 is 0. The van der Waals surface area contributed by atoms with E-state index in [1.807, 2.05) is 0 Å². The lowest BCUT2D eigenvalue weighted by atomic mass is 10.1. The number of carbonyl (C=O) groups is 1. The molecule has 3 rings (SSSR count). The highest BCUT2D eigenvalue weighted by Gasteiger charge is 2.37. The molecular formula is C22H19F6N3O6S. The summed E-state index contributed by atoms with van der Waals surface area (Å²) in [5, 5.41) is 12.4. The molecule has 0 fully saturated rings. The Morgan fingerprint density at radius 2 is 1.76 bits per heavy atom. The second-order valence-corrected chi connectivity index (χ2v) is 9.49. The summed E-state index contributed by atoms with van der Waals surface area (Å²) in [6, 6.07) is 6.24. The third kappa shape index (κ3) is 7.22. The number of aliphatic carboxylic acids is 1. The SMILES string of the molecule is CCc1cc(-c2noc(-c3ccc(OCC(F)(F)F)c(C(F)(F)F)c3)n2)ccc1S(=O)(=O)NCCC(=O)O. The minimum atomic E-state index is -5.05. The van der Waals surface area contributed by atoms with Gasteiger partial charge in [-0.05, 0) is 48.4 Å². The molecule has 38 heavy (non-hydrogen) atoms. The van der Waals surface area contributed by atoms with Crippen molar-refractivity contribution in [3.05, 3.63) is 47.5 Å². The van der Waals surface area contributed by atoms with E-state index in [4.69, 9.17) is 9.63 Å². The molecule has 3 aromatic rings. The van der Waals surface area contributed by atoms with Crippen LogP contribution in [0, 0.1) is 0 Å². The first-order valence-corrected chi connectivity index (χ1v) is 12.2.